The third kappa shape index (κ3) is 62.1. The summed E-state index contributed by atoms with van der Waals surface area (Å²) in [7, 11) is 0. The number of hydrogen-bond acceptors (Lipinski definition) is 6. The van der Waals surface area contributed by atoms with E-state index in [-0.39, 0.29) is 31.1 Å². The fourth-order valence-electron chi connectivity index (χ4n) is 8.35. The van der Waals surface area contributed by atoms with E-state index in [9.17, 15) is 14.4 Å². The molecule has 0 radical (unpaired) electrons. The Labute approximate surface area is 480 Å². The minimum absolute atomic E-state index is 0.0991. The molecule has 6 nitrogen and oxygen atoms in total. The van der Waals surface area contributed by atoms with Crippen LogP contribution in [0.25, 0.3) is 0 Å². The number of hydrogen-bond donors (Lipinski definition) is 0. The van der Waals surface area contributed by atoms with E-state index < -0.39 is 6.10 Å². The molecule has 0 aromatic carbocycles. The maximum Gasteiger partial charge on any atom is 0.306 e. The highest BCUT2D eigenvalue weighted by molar-refractivity contribution is 5.71. The topological polar surface area (TPSA) is 78.9 Å². The van der Waals surface area contributed by atoms with Crippen molar-refractivity contribution in [3.05, 3.63) is 146 Å². The summed E-state index contributed by atoms with van der Waals surface area (Å²) in [5.41, 5.74) is 0. The van der Waals surface area contributed by atoms with Crippen LogP contribution < -0.4 is 0 Å². The van der Waals surface area contributed by atoms with Crippen LogP contribution in [0.4, 0.5) is 0 Å². The van der Waals surface area contributed by atoms with Crippen LogP contribution in [0.5, 0.6) is 0 Å². The van der Waals surface area contributed by atoms with Crippen molar-refractivity contribution in [2.45, 2.75) is 277 Å². The van der Waals surface area contributed by atoms with Crippen LogP contribution in [0.15, 0.2) is 146 Å². The second-order valence-electron chi connectivity index (χ2n) is 20.5. The van der Waals surface area contributed by atoms with Crippen LogP contribution in [0.1, 0.15) is 271 Å². The summed E-state index contributed by atoms with van der Waals surface area (Å²) < 4.78 is 16.9. The molecule has 0 saturated carbocycles. The molecule has 0 aliphatic carbocycles. The van der Waals surface area contributed by atoms with Crippen LogP contribution in [-0.2, 0) is 28.6 Å². The largest absolute Gasteiger partial charge is 0.462 e. The number of esters is 3. The van der Waals surface area contributed by atoms with E-state index in [4.69, 9.17) is 14.2 Å². The van der Waals surface area contributed by atoms with Crippen molar-refractivity contribution < 1.29 is 28.6 Å². The summed E-state index contributed by atoms with van der Waals surface area (Å²) in [5.74, 6) is -0.944. The molecule has 0 amide bonds. The van der Waals surface area contributed by atoms with Crippen LogP contribution in [0, 0.1) is 0 Å². The minimum atomic E-state index is -0.805. The Morgan fingerprint density at radius 2 is 0.500 bits per heavy atom. The molecule has 0 aromatic heterocycles. The van der Waals surface area contributed by atoms with Gasteiger partial charge in [0.2, 0.25) is 0 Å². The first kappa shape index (κ1) is 73.3. The zero-order chi connectivity index (χ0) is 56.4. The zero-order valence-corrected chi connectivity index (χ0v) is 50.4. The zero-order valence-electron chi connectivity index (χ0n) is 50.4. The van der Waals surface area contributed by atoms with Gasteiger partial charge in [0.05, 0.1) is 0 Å². The Bertz CT molecular complexity index is 1710. The van der Waals surface area contributed by atoms with E-state index in [0.717, 1.165) is 161 Å². The lowest BCUT2D eigenvalue weighted by molar-refractivity contribution is -0.167. The lowest BCUT2D eigenvalue weighted by Crippen LogP contribution is -2.30. The van der Waals surface area contributed by atoms with E-state index in [1.165, 1.54) is 70.6 Å². The normalized spacial score (nSPS) is 13.1. The molecule has 0 heterocycles. The highest BCUT2D eigenvalue weighted by atomic mass is 16.6. The third-order valence-corrected chi connectivity index (χ3v) is 13.1. The average Bonchev–Trinajstić information content (AvgIpc) is 3.44. The number of carbonyl (C=O) groups excluding carboxylic acids is 3. The van der Waals surface area contributed by atoms with Crippen LogP contribution in [0.3, 0.4) is 0 Å². The van der Waals surface area contributed by atoms with Crippen molar-refractivity contribution in [3.63, 3.8) is 0 Å². The first-order chi connectivity index (χ1) is 38.5. The van der Waals surface area contributed by atoms with E-state index in [1.54, 1.807) is 0 Å². The van der Waals surface area contributed by atoms with Gasteiger partial charge in [0, 0.05) is 19.3 Å². The van der Waals surface area contributed by atoms with E-state index >= 15 is 0 Å². The number of carbonyl (C=O) groups is 3. The summed E-state index contributed by atoms with van der Waals surface area (Å²) >= 11 is 0. The standard InChI is InChI=1S/C72H116O6/c1-4-7-10-13-16-19-22-25-28-30-31-32-33-34-35-36-37-38-39-40-41-43-44-47-50-53-56-59-62-65-71(74)77-68-69(67-76-70(73)64-61-58-55-52-49-46-27-24-21-18-15-12-9-6-3)78-72(75)66-63-60-57-54-51-48-45-42-29-26-23-20-17-14-11-8-5-2/h7-8,10-11,16-17,19-20,24-29,31-32,34-35,37-38,40-41,44,47,69H,4-6,9,12-15,18,21-23,30,33,36,39,42-43,45-46,48-68H2,1-3H3/b10-7-,11-8-,19-16-,20-17-,27-24-,28-25-,29-26-,32-31-,35-34-,38-37-,41-40-,47-44-. The molecule has 0 saturated heterocycles. The molecule has 78 heavy (non-hydrogen) atoms. The Balaban J connectivity index is 4.42. The van der Waals surface area contributed by atoms with Gasteiger partial charge in [-0.2, -0.15) is 0 Å². The molecule has 0 fully saturated rings. The second-order valence-corrected chi connectivity index (χ2v) is 20.5. The van der Waals surface area contributed by atoms with Crippen molar-refractivity contribution in [2.24, 2.45) is 0 Å². The first-order valence-corrected chi connectivity index (χ1v) is 31.8. The predicted octanol–water partition coefficient (Wildman–Crippen LogP) is 21.9. The molecular formula is C72H116O6. The van der Waals surface area contributed by atoms with E-state index in [2.05, 4.69) is 167 Å². The maximum atomic E-state index is 12.9. The molecule has 0 N–H and O–H groups in total. The van der Waals surface area contributed by atoms with Crippen LogP contribution in [0.2, 0.25) is 0 Å². The molecule has 1 atom stereocenters. The van der Waals surface area contributed by atoms with Gasteiger partial charge in [0.25, 0.3) is 0 Å². The van der Waals surface area contributed by atoms with Crippen molar-refractivity contribution >= 4 is 17.9 Å². The van der Waals surface area contributed by atoms with Gasteiger partial charge in [0.15, 0.2) is 6.10 Å². The highest BCUT2D eigenvalue weighted by Crippen LogP contribution is 2.14. The average molecular weight is 1080 g/mol. The molecule has 0 aliphatic rings. The third-order valence-electron chi connectivity index (χ3n) is 13.1. The monoisotopic (exact) mass is 1080 g/mol. The van der Waals surface area contributed by atoms with E-state index in [0.29, 0.717) is 19.3 Å². The summed E-state index contributed by atoms with van der Waals surface area (Å²) in [4.78, 5) is 38.3. The molecule has 0 aliphatic heterocycles. The number of rotatable bonds is 56. The smallest absolute Gasteiger partial charge is 0.306 e. The Kier molecular flexibility index (Phi) is 60.9. The number of unbranched alkanes of at least 4 members (excludes halogenated alkanes) is 21. The van der Waals surface area contributed by atoms with Gasteiger partial charge in [-0.3, -0.25) is 14.4 Å². The fourth-order valence-corrected chi connectivity index (χ4v) is 8.35. The van der Waals surface area contributed by atoms with Gasteiger partial charge >= 0.3 is 17.9 Å². The number of allylic oxidation sites excluding steroid dienone is 24. The molecule has 0 spiro atoms. The summed E-state index contributed by atoms with van der Waals surface area (Å²) in [6.07, 6.45) is 92.7. The predicted molar refractivity (Wildman–Crippen MR) is 339 cm³/mol. The molecule has 440 valence electrons. The molecule has 0 bridgehead atoms. The quantitative estimate of drug-likeness (QED) is 0.0261. The molecule has 1 unspecified atom stereocenters. The van der Waals surface area contributed by atoms with Gasteiger partial charge in [-0.15, -0.1) is 0 Å². The SMILES string of the molecule is CC/C=C\C/C=C\C/C=C\C/C=C\C/C=C\C/C=C\C/C=C\C/C=C\CCCCCCC(=O)OCC(COC(=O)CCCCCCC/C=C\CCCCCCC)OC(=O)CCCCCCCCC/C=C\C/C=C\C/C=C\CC. The second kappa shape index (κ2) is 64.8. The maximum absolute atomic E-state index is 12.9. The fraction of sp³-hybridized carbons (Fsp3) is 0.625. The minimum Gasteiger partial charge on any atom is -0.462 e. The van der Waals surface area contributed by atoms with Gasteiger partial charge < -0.3 is 14.2 Å². The molecule has 0 rings (SSSR count). The van der Waals surface area contributed by atoms with Crippen LogP contribution in [-0.4, -0.2) is 37.2 Å². The summed E-state index contributed by atoms with van der Waals surface area (Å²) in [5, 5.41) is 0. The van der Waals surface area contributed by atoms with E-state index in [1.807, 2.05) is 0 Å². The summed E-state index contributed by atoms with van der Waals surface area (Å²) in [6, 6.07) is 0. The van der Waals surface area contributed by atoms with Crippen molar-refractivity contribution in [1.29, 1.82) is 0 Å². The van der Waals surface area contributed by atoms with Crippen molar-refractivity contribution in [3.8, 4) is 0 Å². The molecular weight excluding hydrogens is 961 g/mol. The first-order valence-electron chi connectivity index (χ1n) is 31.8. The Morgan fingerprint density at radius 1 is 0.269 bits per heavy atom. The lowest BCUT2D eigenvalue weighted by Gasteiger charge is -2.18. The van der Waals surface area contributed by atoms with Crippen LogP contribution >= 0.6 is 0 Å². The lowest BCUT2D eigenvalue weighted by atomic mass is 10.1. The molecule has 6 heteroatoms. The Hall–Kier alpha value is -4.71. The summed E-state index contributed by atoms with van der Waals surface area (Å²) in [6.45, 7) is 6.37. The highest BCUT2D eigenvalue weighted by Gasteiger charge is 2.19. The van der Waals surface area contributed by atoms with Crippen molar-refractivity contribution in [1.82, 2.24) is 0 Å². The number of ether oxygens (including phenoxy) is 3. The van der Waals surface area contributed by atoms with Gasteiger partial charge in [-0.1, -0.05) is 256 Å². The van der Waals surface area contributed by atoms with Crippen molar-refractivity contribution in [2.75, 3.05) is 13.2 Å². The van der Waals surface area contributed by atoms with Gasteiger partial charge in [-0.05, 0) is 141 Å². The van der Waals surface area contributed by atoms with Gasteiger partial charge in [0.1, 0.15) is 13.2 Å². The molecule has 0 aromatic rings. The Morgan fingerprint density at radius 3 is 0.795 bits per heavy atom. The van der Waals surface area contributed by atoms with Gasteiger partial charge in [-0.25, -0.2) is 0 Å².